The Kier molecular flexibility index (Phi) is 4.99. The van der Waals surface area contributed by atoms with E-state index < -0.39 is 12.0 Å². The first-order chi connectivity index (χ1) is 8.45. The standard InChI is InChI=1S/C9H11F3N4O2/c10-9(11,12)8(17)5-7(6-14-15-13)16-1-3-18-4-2-16/h5H,1-4,6H2/b7-5-. The fourth-order valence-corrected chi connectivity index (χ4v) is 1.42. The molecule has 100 valence electrons. The minimum absolute atomic E-state index is 0.0541. The molecule has 1 heterocycles. The van der Waals surface area contributed by atoms with Crippen molar-refractivity contribution in [2.45, 2.75) is 6.18 Å². The number of morpholine rings is 1. The zero-order valence-corrected chi connectivity index (χ0v) is 9.35. The Morgan fingerprint density at radius 3 is 2.56 bits per heavy atom. The summed E-state index contributed by atoms with van der Waals surface area (Å²) in [6.07, 6.45) is -4.45. The summed E-state index contributed by atoms with van der Waals surface area (Å²) in [6.45, 7) is 1.13. The molecule has 0 N–H and O–H groups in total. The van der Waals surface area contributed by atoms with Gasteiger partial charge in [-0.1, -0.05) is 5.11 Å². The highest BCUT2D eigenvalue weighted by atomic mass is 19.4. The van der Waals surface area contributed by atoms with Crippen LogP contribution in [0.3, 0.4) is 0 Å². The van der Waals surface area contributed by atoms with Crippen molar-refractivity contribution < 1.29 is 22.7 Å². The predicted octanol–water partition coefficient (Wildman–Crippen LogP) is 1.64. The van der Waals surface area contributed by atoms with E-state index in [1.165, 1.54) is 0 Å². The molecule has 1 aliphatic heterocycles. The SMILES string of the molecule is [N-]=[N+]=NC/C(=C/C(=O)C(F)(F)F)N1CCOCC1. The second-order valence-corrected chi connectivity index (χ2v) is 3.49. The van der Waals surface area contributed by atoms with E-state index in [0.717, 1.165) is 0 Å². The molecule has 0 amide bonds. The average molecular weight is 264 g/mol. The van der Waals surface area contributed by atoms with Crippen LogP contribution in [0.4, 0.5) is 13.2 Å². The van der Waals surface area contributed by atoms with E-state index in [2.05, 4.69) is 10.0 Å². The smallest absolute Gasteiger partial charge is 0.378 e. The van der Waals surface area contributed by atoms with Crippen molar-refractivity contribution in [3.8, 4) is 0 Å². The lowest BCUT2D eigenvalue weighted by molar-refractivity contribution is -0.165. The highest BCUT2D eigenvalue weighted by Gasteiger charge is 2.37. The predicted molar refractivity (Wildman–Crippen MR) is 55.6 cm³/mol. The second-order valence-electron chi connectivity index (χ2n) is 3.49. The van der Waals surface area contributed by atoms with Gasteiger partial charge in [0.1, 0.15) is 0 Å². The summed E-state index contributed by atoms with van der Waals surface area (Å²) in [7, 11) is 0. The van der Waals surface area contributed by atoms with E-state index >= 15 is 0 Å². The third kappa shape index (κ3) is 4.27. The van der Waals surface area contributed by atoms with Crippen molar-refractivity contribution >= 4 is 5.78 Å². The quantitative estimate of drug-likeness (QED) is 0.335. The maximum absolute atomic E-state index is 12.2. The normalized spacial score (nSPS) is 17.3. The molecule has 0 unspecified atom stereocenters. The number of ketones is 1. The molecule has 0 aliphatic carbocycles. The van der Waals surface area contributed by atoms with E-state index in [0.29, 0.717) is 32.4 Å². The van der Waals surface area contributed by atoms with Crippen LogP contribution in [-0.4, -0.2) is 49.7 Å². The fourth-order valence-electron chi connectivity index (χ4n) is 1.42. The van der Waals surface area contributed by atoms with Gasteiger partial charge in [0, 0.05) is 29.8 Å². The number of carbonyl (C=O) groups is 1. The average Bonchev–Trinajstić information content (AvgIpc) is 2.34. The van der Waals surface area contributed by atoms with E-state index in [4.69, 9.17) is 10.3 Å². The Labute approximate surface area is 101 Å². The number of hydrogen-bond acceptors (Lipinski definition) is 4. The molecular weight excluding hydrogens is 253 g/mol. The third-order valence-electron chi connectivity index (χ3n) is 2.29. The van der Waals surface area contributed by atoms with Crippen LogP contribution in [-0.2, 0) is 9.53 Å². The van der Waals surface area contributed by atoms with E-state index in [9.17, 15) is 18.0 Å². The molecule has 0 atom stereocenters. The number of halogens is 3. The van der Waals surface area contributed by atoms with Crippen LogP contribution in [0.5, 0.6) is 0 Å². The summed E-state index contributed by atoms with van der Waals surface area (Å²) in [4.78, 5) is 14.9. The molecule has 6 nitrogen and oxygen atoms in total. The van der Waals surface area contributed by atoms with Gasteiger partial charge in [-0.3, -0.25) is 4.79 Å². The highest BCUT2D eigenvalue weighted by molar-refractivity contribution is 5.94. The molecule has 0 aromatic carbocycles. The Bertz CT molecular complexity index is 382. The number of allylic oxidation sites excluding steroid dienone is 1. The molecule has 0 spiro atoms. The van der Waals surface area contributed by atoms with E-state index in [1.807, 2.05) is 0 Å². The molecule has 0 saturated carbocycles. The van der Waals surface area contributed by atoms with Crippen LogP contribution < -0.4 is 0 Å². The van der Waals surface area contributed by atoms with E-state index in [1.54, 1.807) is 4.90 Å². The van der Waals surface area contributed by atoms with Crippen molar-refractivity contribution in [2.24, 2.45) is 5.11 Å². The van der Waals surface area contributed by atoms with Gasteiger partial charge in [0.2, 0.25) is 0 Å². The lowest BCUT2D eigenvalue weighted by atomic mass is 10.2. The summed E-state index contributed by atoms with van der Waals surface area (Å²) in [5.41, 5.74) is 8.24. The number of rotatable bonds is 4. The molecule has 0 aromatic rings. The molecular formula is C9H11F3N4O2. The largest absolute Gasteiger partial charge is 0.454 e. The van der Waals surface area contributed by atoms with Crippen molar-refractivity contribution in [1.82, 2.24) is 4.90 Å². The summed E-state index contributed by atoms with van der Waals surface area (Å²) < 4.78 is 41.5. The Morgan fingerprint density at radius 2 is 2.06 bits per heavy atom. The lowest BCUT2D eigenvalue weighted by Crippen LogP contribution is -2.37. The van der Waals surface area contributed by atoms with Gasteiger partial charge < -0.3 is 9.64 Å². The Hall–Kier alpha value is -1.73. The summed E-state index contributed by atoms with van der Waals surface area (Å²) in [6, 6.07) is 0. The zero-order chi connectivity index (χ0) is 13.6. The van der Waals surface area contributed by atoms with E-state index in [-0.39, 0.29) is 12.2 Å². The van der Waals surface area contributed by atoms with Crippen molar-refractivity contribution in [2.75, 3.05) is 32.8 Å². The van der Waals surface area contributed by atoms with Crippen LogP contribution in [0.25, 0.3) is 10.4 Å². The maximum Gasteiger partial charge on any atom is 0.454 e. The van der Waals surface area contributed by atoms with Crippen LogP contribution in [0.1, 0.15) is 0 Å². The summed E-state index contributed by atoms with van der Waals surface area (Å²) >= 11 is 0. The van der Waals surface area contributed by atoms with Crippen molar-refractivity contribution in [3.05, 3.63) is 22.2 Å². The second kappa shape index (κ2) is 6.27. The van der Waals surface area contributed by atoms with Gasteiger partial charge in [-0.25, -0.2) is 0 Å². The van der Waals surface area contributed by atoms with Crippen LogP contribution in [0.2, 0.25) is 0 Å². The number of hydrogen-bond donors (Lipinski definition) is 0. The van der Waals surface area contributed by atoms with Gasteiger partial charge in [0.15, 0.2) is 0 Å². The van der Waals surface area contributed by atoms with Gasteiger partial charge in [-0.15, -0.1) is 0 Å². The molecule has 0 bridgehead atoms. The number of ether oxygens (including phenoxy) is 1. The number of azide groups is 1. The van der Waals surface area contributed by atoms with Crippen LogP contribution in [0, 0.1) is 0 Å². The molecule has 9 heteroatoms. The van der Waals surface area contributed by atoms with Gasteiger partial charge in [-0.05, 0) is 5.53 Å². The summed E-state index contributed by atoms with van der Waals surface area (Å²) in [5, 5.41) is 3.19. The highest BCUT2D eigenvalue weighted by Crippen LogP contribution is 2.19. The fraction of sp³-hybridized carbons (Fsp3) is 0.667. The first-order valence-corrected chi connectivity index (χ1v) is 5.10. The lowest BCUT2D eigenvalue weighted by Gasteiger charge is -2.30. The number of carbonyl (C=O) groups excluding carboxylic acids is 1. The monoisotopic (exact) mass is 264 g/mol. The van der Waals surface area contributed by atoms with Crippen LogP contribution in [0.15, 0.2) is 16.9 Å². The zero-order valence-electron chi connectivity index (χ0n) is 9.35. The number of nitrogens with zero attached hydrogens (tertiary/aromatic N) is 4. The topological polar surface area (TPSA) is 78.3 Å². The maximum atomic E-state index is 12.2. The first kappa shape index (κ1) is 14.3. The van der Waals surface area contributed by atoms with Gasteiger partial charge in [0.25, 0.3) is 5.78 Å². The Balaban J connectivity index is 2.85. The van der Waals surface area contributed by atoms with Crippen LogP contribution >= 0.6 is 0 Å². The third-order valence-corrected chi connectivity index (χ3v) is 2.29. The Morgan fingerprint density at radius 1 is 1.44 bits per heavy atom. The molecule has 1 fully saturated rings. The molecule has 1 rings (SSSR count). The molecule has 0 aromatic heterocycles. The van der Waals surface area contributed by atoms with Crippen molar-refractivity contribution in [1.29, 1.82) is 0 Å². The number of alkyl halides is 3. The summed E-state index contributed by atoms with van der Waals surface area (Å²) in [5.74, 6) is -1.96. The first-order valence-electron chi connectivity index (χ1n) is 5.10. The van der Waals surface area contributed by atoms with Gasteiger partial charge in [-0.2, -0.15) is 13.2 Å². The molecule has 1 saturated heterocycles. The molecule has 0 radical (unpaired) electrons. The van der Waals surface area contributed by atoms with Gasteiger partial charge >= 0.3 is 6.18 Å². The van der Waals surface area contributed by atoms with Crippen molar-refractivity contribution in [3.63, 3.8) is 0 Å². The molecule has 1 aliphatic rings. The molecule has 18 heavy (non-hydrogen) atoms. The minimum atomic E-state index is -4.92. The minimum Gasteiger partial charge on any atom is -0.378 e. The van der Waals surface area contributed by atoms with Gasteiger partial charge in [0.05, 0.1) is 19.8 Å².